The Morgan fingerprint density at radius 2 is 2.05 bits per heavy atom. The molecule has 1 aliphatic heterocycles. The Bertz CT molecular complexity index is 462. The van der Waals surface area contributed by atoms with Gasteiger partial charge in [-0.05, 0) is 44.0 Å². The maximum absolute atomic E-state index is 12.2. The van der Waals surface area contributed by atoms with Crippen LogP contribution < -0.4 is 10.1 Å². The number of hydrogen-bond acceptors (Lipinski definition) is 3. The molecule has 1 aliphatic rings. The van der Waals surface area contributed by atoms with E-state index in [0.29, 0.717) is 12.2 Å². The molecule has 1 fully saturated rings. The monoisotopic (exact) mass is 288 g/mol. The fourth-order valence-electron chi connectivity index (χ4n) is 2.58. The minimum absolute atomic E-state index is 0.000203. The van der Waals surface area contributed by atoms with Crippen LogP contribution in [0.1, 0.15) is 30.1 Å². The minimum atomic E-state index is 0.000203. The van der Waals surface area contributed by atoms with Gasteiger partial charge in [0, 0.05) is 31.2 Å². The van der Waals surface area contributed by atoms with Crippen LogP contribution in [0, 0.1) is 0 Å². The van der Waals surface area contributed by atoms with E-state index in [-0.39, 0.29) is 11.9 Å². The third-order valence-corrected chi connectivity index (χ3v) is 3.74. The molecule has 21 heavy (non-hydrogen) atoms. The van der Waals surface area contributed by atoms with Gasteiger partial charge in [0.2, 0.25) is 0 Å². The van der Waals surface area contributed by atoms with Crippen molar-refractivity contribution in [2.75, 3.05) is 26.2 Å². The first-order chi connectivity index (χ1) is 10.2. The maximum Gasteiger partial charge on any atom is 0.251 e. The summed E-state index contributed by atoms with van der Waals surface area (Å²) in [4.78, 5) is 14.6. The van der Waals surface area contributed by atoms with Crippen LogP contribution in [0.5, 0.6) is 5.75 Å². The van der Waals surface area contributed by atoms with Gasteiger partial charge in [0.1, 0.15) is 5.75 Å². The molecule has 1 aromatic rings. The number of carbonyl (C=O) groups excluding carboxylic acids is 1. The van der Waals surface area contributed by atoms with Crippen LogP contribution in [0.15, 0.2) is 36.9 Å². The van der Waals surface area contributed by atoms with Crippen LogP contribution in [0.3, 0.4) is 0 Å². The molecule has 1 aromatic carbocycles. The highest BCUT2D eigenvalue weighted by atomic mass is 16.5. The summed E-state index contributed by atoms with van der Waals surface area (Å²) in [6.45, 7) is 9.30. The summed E-state index contributed by atoms with van der Waals surface area (Å²) < 4.78 is 5.38. The van der Waals surface area contributed by atoms with Gasteiger partial charge in [0.25, 0.3) is 5.91 Å². The van der Waals surface area contributed by atoms with Gasteiger partial charge in [0.05, 0.1) is 6.61 Å². The number of nitrogens with zero attached hydrogens (tertiary/aromatic N) is 1. The van der Waals surface area contributed by atoms with E-state index in [0.717, 1.165) is 38.2 Å². The van der Waals surface area contributed by atoms with Gasteiger partial charge in [-0.25, -0.2) is 0 Å². The molecule has 1 heterocycles. The molecule has 4 heteroatoms. The Kier molecular flexibility index (Phi) is 5.81. The number of rotatable bonds is 6. The number of ether oxygens (including phenoxy) is 1. The van der Waals surface area contributed by atoms with Gasteiger partial charge < -0.3 is 10.1 Å². The Balaban J connectivity index is 1.83. The molecular formula is C17H24N2O2. The van der Waals surface area contributed by atoms with E-state index in [1.54, 1.807) is 0 Å². The summed E-state index contributed by atoms with van der Waals surface area (Å²) >= 11 is 0. The number of amides is 1. The molecule has 0 aliphatic carbocycles. The number of nitrogens with one attached hydrogen (secondary N) is 1. The van der Waals surface area contributed by atoms with Gasteiger partial charge in [-0.1, -0.05) is 6.08 Å². The van der Waals surface area contributed by atoms with Crippen molar-refractivity contribution >= 4 is 5.91 Å². The number of piperidine rings is 1. The van der Waals surface area contributed by atoms with Gasteiger partial charge in [-0.15, -0.1) is 6.58 Å². The molecule has 0 unspecified atom stereocenters. The third kappa shape index (κ3) is 4.60. The number of hydrogen-bond donors (Lipinski definition) is 1. The van der Waals surface area contributed by atoms with Crippen molar-refractivity contribution in [1.82, 2.24) is 10.2 Å². The molecule has 0 saturated carbocycles. The van der Waals surface area contributed by atoms with E-state index < -0.39 is 0 Å². The molecule has 0 spiro atoms. The summed E-state index contributed by atoms with van der Waals surface area (Å²) in [7, 11) is 0. The summed E-state index contributed by atoms with van der Waals surface area (Å²) in [6, 6.07) is 7.57. The third-order valence-electron chi connectivity index (χ3n) is 3.74. The van der Waals surface area contributed by atoms with E-state index in [4.69, 9.17) is 4.74 Å². The lowest BCUT2D eigenvalue weighted by Crippen LogP contribution is -2.44. The zero-order valence-electron chi connectivity index (χ0n) is 12.7. The van der Waals surface area contributed by atoms with Crippen LogP contribution in [0.2, 0.25) is 0 Å². The van der Waals surface area contributed by atoms with Gasteiger partial charge in [0.15, 0.2) is 0 Å². The fraction of sp³-hybridized carbons (Fsp3) is 0.471. The molecule has 0 radical (unpaired) electrons. The number of likely N-dealkylation sites (tertiary alicyclic amines) is 1. The maximum atomic E-state index is 12.2. The van der Waals surface area contributed by atoms with Crippen molar-refractivity contribution in [2.24, 2.45) is 0 Å². The zero-order valence-corrected chi connectivity index (χ0v) is 12.7. The first-order valence-electron chi connectivity index (χ1n) is 7.60. The molecule has 114 valence electrons. The van der Waals surface area contributed by atoms with Crippen LogP contribution in [0.4, 0.5) is 0 Å². The van der Waals surface area contributed by atoms with Crippen LogP contribution >= 0.6 is 0 Å². The van der Waals surface area contributed by atoms with Crippen molar-refractivity contribution in [2.45, 2.75) is 25.8 Å². The van der Waals surface area contributed by atoms with Crippen LogP contribution in [0.25, 0.3) is 0 Å². The highest BCUT2D eigenvalue weighted by Gasteiger charge is 2.20. The van der Waals surface area contributed by atoms with Crippen molar-refractivity contribution in [3.8, 4) is 5.75 Å². The van der Waals surface area contributed by atoms with Crippen molar-refractivity contribution < 1.29 is 9.53 Å². The lowest BCUT2D eigenvalue weighted by molar-refractivity contribution is 0.0914. The molecule has 4 nitrogen and oxygen atoms in total. The summed E-state index contributed by atoms with van der Waals surface area (Å²) in [6.07, 6.45) is 3.92. The lowest BCUT2D eigenvalue weighted by Gasteiger charge is -2.31. The Morgan fingerprint density at radius 3 is 2.62 bits per heavy atom. The topological polar surface area (TPSA) is 41.6 Å². The van der Waals surface area contributed by atoms with Crippen molar-refractivity contribution in [3.63, 3.8) is 0 Å². The second-order valence-electron chi connectivity index (χ2n) is 5.29. The average molecular weight is 288 g/mol. The van der Waals surface area contributed by atoms with E-state index in [9.17, 15) is 4.79 Å². The quantitative estimate of drug-likeness (QED) is 0.818. The number of carbonyl (C=O) groups is 1. The first kappa shape index (κ1) is 15.6. The van der Waals surface area contributed by atoms with E-state index in [1.807, 2.05) is 37.3 Å². The summed E-state index contributed by atoms with van der Waals surface area (Å²) in [5.41, 5.74) is 0.687. The predicted octanol–water partition coefficient (Wildman–Crippen LogP) is 2.47. The molecule has 1 N–H and O–H groups in total. The highest BCUT2D eigenvalue weighted by Crippen LogP contribution is 2.14. The molecule has 0 bridgehead atoms. The van der Waals surface area contributed by atoms with Crippen molar-refractivity contribution in [1.29, 1.82) is 0 Å². The van der Waals surface area contributed by atoms with Gasteiger partial charge in [-0.2, -0.15) is 0 Å². The molecule has 1 amide bonds. The molecule has 0 aromatic heterocycles. The van der Waals surface area contributed by atoms with Crippen molar-refractivity contribution in [3.05, 3.63) is 42.5 Å². The standard InChI is InChI=1S/C17H24N2O2/c1-3-11-19-12-9-15(10-13-19)18-17(20)14-5-7-16(8-6-14)21-4-2/h3,5-8,15H,1,4,9-13H2,2H3,(H,18,20). The molecule has 2 rings (SSSR count). The summed E-state index contributed by atoms with van der Waals surface area (Å²) in [5.74, 6) is 0.798. The second-order valence-corrected chi connectivity index (χ2v) is 5.29. The predicted molar refractivity (Wildman–Crippen MR) is 84.7 cm³/mol. The first-order valence-corrected chi connectivity index (χ1v) is 7.60. The largest absolute Gasteiger partial charge is 0.494 e. The number of benzene rings is 1. The molecule has 0 atom stereocenters. The normalized spacial score (nSPS) is 16.4. The summed E-state index contributed by atoms with van der Waals surface area (Å²) in [5, 5.41) is 3.12. The van der Waals surface area contributed by atoms with E-state index >= 15 is 0 Å². The van der Waals surface area contributed by atoms with Crippen LogP contribution in [-0.2, 0) is 0 Å². The average Bonchev–Trinajstić information content (AvgIpc) is 2.50. The Morgan fingerprint density at radius 1 is 1.38 bits per heavy atom. The van der Waals surface area contributed by atoms with Gasteiger partial charge in [-0.3, -0.25) is 9.69 Å². The highest BCUT2D eigenvalue weighted by molar-refractivity contribution is 5.94. The SMILES string of the molecule is C=CCN1CCC(NC(=O)c2ccc(OCC)cc2)CC1. The molecular weight excluding hydrogens is 264 g/mol. The Labute approximate surface area is 126 Å². The van der Waals surface area contributed by atoms with Crippen LogP contribution in [-0.4, -0.2) is 43.1 Å². The second kappa shape index (κ2) is 7.84. The van der Waals surface area contributed by atoms with E-state index in [1.165, 1.54) is 0 Å². The minimum Gasteiger partial charge on any atom is -0.494 e. The smallest absolute Gasteiger partial charge is 0.251 e. The zero-order chi connectivity index (χ0) is 15.1. The Hall–Kier alpha value is -1.81. The fourth-order valence-corrected chi connectivity index (χ4v) is 2.58. The van der Waals surface area contributed by atoms with Gasteiger partial charge >= 0.3 is 0 Å². The molecule has 1 saturated heterocycles. The lowest BCUT2D eigenvalue weighted by atomic mass is 10.0. The van der Waals surface area contributed by atoms with E-state index in [2.05, 4.69) is 16.8 Å².